The average Bonchev–Trinajstić information content (AvgIpc) is 3.08. The van der Waals surface area contributed by atoms with E-state index >= 15 is 0 Å². The lowest BCUT2D eigenvalue weighted by Crippen LogP contribution is -2.00. The minimum absolute atomic E-state index is 0.172. The molecule has 0 radical (unpaired) electrons. The van der Waals surface area contributed by atoms with Crippen molar-refractivity contribution in [2.45, 2.75) is 18.3 Å². The van der Waals surface area contributed by atoms with Gasteiger partial charge in [-0.3, -0.25) is 0 Å². The van der Waals surface area contributed by atoms with Crippen molar-refractivity contribution in [1.82, 2.24) is 20.0 Å². The summed E-state index contributed by atoms with van der Waals surface area (Å²) in [5.41, 5.74) is 2.51. The van der Waals surface area contributed by atoms with E-state index in [1.807, 2.05) is 37.4 Å². The number of alkyl halides is 1. The topological polar surface area (TPSA) is 56.7 Å². The fourth-order valence-electron chi connectivity index (χ4n) is 1.87. The average molecular weight is 368 g/mol. The van der Waals surface area contributed by atoms with Gasteiger partial charge in [-0.2, -0.15) is 0 Å². The van der Waals surface area contributed by atoms with Crippen LogP contribution >= 0.6 is 27.5 Å². The smallest absolute Gasteiger partial charge is 0.226 e. The van der Waals surface area contributed by atoms with Gasteiger partial charge in [0.2, 0.25) is 5.89 Å². The van der Waals surface area contributed by atoms with Crippen LogP contribution in [0.15, 0.2) is 41.1 Å². The molecule has 1 aromatic carbocycles. The molecule has 0 aliphatic rings. The number of halogens is 2. The van der Waals surface area contributed by atoms with Gasteiger partial charge in [-0.05, 0) is 25.1 Å². The number of hydrogen-bond acceptors (Lipinski definition) is 4. The number of benzene rings is 1. The maximum Gasteiger partial charge on any atom is 0.226 e. The zero-order valence-electron chi connectivity index (χ0n) is 11.2. The van der Waals surface area contributed by atoms with Crippen molar-refractivity contribution in [2.24, 2.45) is 0 Å². The summed E-state index contributed by atoms with van der Waals surface area (Å²) in [5.74, 6) is 0.543. The van der Waals surface area contributed by atoms with Crippen LogP contribution in [0.5, 0.6) is 0 Å². The molecule has 0 amide bonds. The van der Waals surface area contributed by atoms with Crippen molar-refractivity contribution in [2.75, 3.05) is 0 Å². The Bertz CT molecular complexity index is 753. The van der Waals surface area contributed by atoms with Gasteiger partial charge in [0, 0.05) is 10.6 Å². The normalized spacial score (nSPS) is 12.5. The fraction of sp³-hybridized carbons (Fsp3) is 0.214. The molecule has 0 saturated carbocycles. The second-order valence-corrected chi connectivity index (χ2v) is 6.42. The molecule has 1 atom stereocenters. The summed E-state index contributed by atoms with van der Waals surface area (Å²) in [7, 11) is 0. The Morgan fingerprint density at radius 1 is 1.43 bits per heavy atom. The van der Waals surface area contributed by atoms with Gasteiger partial charge in [-0.25, -0.2) is 9.67 Å². The summed E-state index contributed by atoms with van der Waals surface area (Å²) < 4.78 is 7.22. The van der Waals surface area contributed by atoms with Crippen LogP contribution in [0.4, 0.5) is 0 Å². The van der Waals surface area contributed by atoms with Gasteiger partial charge in [-0.1, -0.05) is 38.8 Å². The fourth-order valence-corrected chi connectivity index (χ4v) is 2.27. The van der Waals surface area contributed by atoms with Gasteiger partial charge in [0.25, 0.3) is 0 Å². The van der Waals surface area contributed by atoms with Crippen LogP contribution in [0.25, 0.3) is 11.5 Å². The van der Waals surface area contributed by atoms with Crippen molar-refractivity contribution in [3.05, 3.63) is 53.1 Å². The Labute approximate surface area is 135 Å². The summed E-state index contributed by atoms with van der Waals surface area (Å²) in [6, 6.07) is 7.40. The van der Waals surface area contributed by atoms with E-state index in [2.05, 4.69) is 31.2 Å². The van der Waals surface area contributed by atoms with Crippen LogP contribution in [0, 0.1) is 0 Å². The minimum Gasteiger partial charge on any atom is -0.444 e. The summed E-state index contributed by atoms with van der Waals surface area (Å²) in [5, 5.41) is 8.79. The highest BCUT2D eigenvalue weighted by Gasteiger charge is 2.10. The number of aromatic nitrogens is 4. The van der Waals surface area contributed by atoms with Crippen LogP contribution in [-0.4, -0.2) is 20.0 Å². The molecule has 0 saturated heterocycles. The van der Waals surface area contributed by atoms with E-state index in [4.69, 9.17) is 16.0 Å². The quantitative estimate of drug-likeness (QED) is 0.652. The Morgan fingerprint density at radius 2 is 2.29 bits per heavy atom. The van der Waals surface area contributed by atoms with Crippen molar-refractivity contribution in [3.63, 3.8) is 0 Å². The predicted molar refractivity (Wildman–Crippen MR) is 83.4 cm³/mol. The molecular formula is C14H12BrClN4O. The number of rotatable bonds is 4. The lowest BCUT2D eigenvalue weighted by molar-refractivity contribution is 0.568. The Balaban J connectivity index is 1.78. The third-order valence-corrected chi connectivity index (χ3v) is 3.62. The number of nitrogens with zero attached hydrogens (tertiary/aromatic N) is 4. The lowest BCUT2D eigenvalue weighted by atomic mass is 10.2. The third kappa shape index (κ3) is 3.33. The summed E-state index contributed by atoms with van der Waals surface area (Å²) in [6.07, 6.45) is 3.50. The Morgan fingerprint density at radius 3 is 3.00 bits per heavy atom. The minimum atomic E-state index is 0.172. The Hall–Kier alpha value is -1.66. The SMILES string of the molecule is CC(Br)c1cn(Cc2coc(-c3cccc(Cl)c3)n2)nn1. The molecule has 108 valence electrons. The molecule has 0 fully saturated rings. The van der Waals surface area contributed by atoms with Crippen LogP contribution < -0.4 is 0 Å². The van der Waals surface area contributed by atoms with Crippen molar-refractivity contribution < 1.29 is 4.42 Å². The zero-order chi connectivity index (χ0) is 14.8. The maximum absolute atomic E-state index is 5.97. The lowest BCUT2D eigenvalue weighted by Gasteiger charge is -1.96. The second kappa shape index (κ2) is 5.99. The molecular weight excluding hydrogens is 356 g/mol. The van der Waals surface area contributed by atoms with Crippen molar-refractivity contribution in [1.29, 1.82) is 0 Å². The first-order chi connectivity index (χ1) is 10.1. The molecule has 5 nitrogen and oxygen atoms in total. The van der Waals surface area contributed by atoms with E-state index in [1.165, 1.54) is 0 Å². The third-order valence-electron chi connectivity index (χ3n) is 2.91. The number of oxazole rings is 1. The van der Waals surface area contributed by atoms with E-state index in [-0.39, 0.29) is 4.83 Å². The van der Waals surface area contributed by atoms with Crippen LogP contribution in [-0.2, 0) is 6.54 Å². The van der Waals surface area contributed by atoms with Gasteiger partial charge >= 0.3 is 0 Å². The summed E-state index contributed by atoms with van der Waals surface area (Å²) >= 11 is 9.43. The molecule has 1 unspecified atom stereocenters. The van der Waals surface area contributed by atoms with E-state index in [0.29, 0.717) is 17.5 Å². The molecule has 21 heavy (non-hydrogen) atoms. The van der Waals surface area contributed by atoms with Crippen LogP contribution in [0.2, 0.25) is 5.02 Å². The summed E-state index contributed by atoms with van der Waals surface area (Å²) in [6.45, 7) is 2.51. The maximum atomic E-state index is 5.97. The second-order valence-electron chi connectivity index (χ2n) is 4.61. The highest BCUT2D eigenvalue weighted by Crippen LogP contribution is 2.22. The highest BCUT2D eigenvalue weighted by atomic mass is 79.9. The van der Waals surface area contributed by atoms with Gasteiger partial charge in [0.1, 0.15) is 12.0 Å². The predicted octanol–water partition coefficient (Wildman–Crippen LogP) is 4.09. The van der Waals surface area contributed by atoms with Crippen LogP contribution in [0.3, 0.4) is 0 Å². The molecule has 0 aliphatic heterocycles. The van der Waals surface area contributed by atoms with Crippen LogP contribution in [0.1, 0.15) is 23.1 Å². The van der Waals surface area contributed by atoms with E-state index in [0.717, 1.165) is 17.0 Å². The molecule has 2 aromatic heterocycles. The molecule has 0 N–H and O–H groups in total. The zero-order valence-corrected chi connectivity index (χ0v) is 13.5. The van der Waals surface area contributed by atoms with E-state index in [1.54, 1.807) is 10.9 Å². The van der Waals surface area contributed by atoms with Crippen molar-refractivity contribution >= 4 is 27.5 Å². The molecule has 3 rings (SSSR count). The molecule has 0 spiro atoms. The Kier molecular flexibility index (Phi) is 4.07. The van der Waals surface area contributed by atoms with Gasteiger partial charge < -0.3 is 4.42 Å². The molecule has 7 heteroatoms. The molecule has 2 heterocycles. The highest BCUT2D eigenvalue weighted by molar-refractivity contribution is 9.09. The largest absolute Gasteiger partial charge is 0.444 e. The standard InChI is InChI=1S/C14H12BrClN4O/c1-9(15)13-7-20(19-18-13)6-12-8-21-14(17-12)10-3-2-4-11(16)5-10/h2-5,7-9H,6H2,1H3. The van der Waals surface area contributed by atoms with Crippen molar-refractivity contribution in [3.8, 4) is 11.5 Å². The van der Waals surface area contributed by atoms with Gasteiger partial charge in [-0.15, -0.1) is 5.10 Å². The molecule has 0 bridgehead atoms. The first kappa shape index (κ1) is 14.3. The molecule has 3 aromatic rings. The van der Waals surface area contributed by atoms with E-state index in [9.17, 15) is 0 Å². The first-order valence-corrected chi connectivity index (χ1v) is 7.65. The first-order valence-electron chi connectivity index (χ1n) is 6.36. The van der Waals surface area contributed by atoms with Gasteiger partial charge in [0.15, 0.2) is 0 Å². The number of hydrogen-bond donors (Lipinski definition) is 0. The monoisotopic (exact) mass is 366 g/mol. The summed E-state index contributed by atoms with van der Waals surface area (Å²) in [4.78, 5) is 4.62. The van der Waals surface area contributed by atoms with Gasteiger partial charge in [0.05, 0.1) is 23.3 Å². The molecule has 0 aliphatic carbocycles. The van der Waals surface area contributed by atoms with E-state index < -0.39 is 0 Å².